The van der Waals surface area contributed by atoms with Crippen molar-refractivity contribution in [3.8, 4) is 0 Å². The van der Waals surface area contributed by atoms with Crippen LogP contribution in [0.3, 0.4) is 0 Å². The van der Waals surface area contributed by atoms with Crippen molar-refractivity contribution in [3.63, 3.8) is 0 Å². The van der Waals surface area contributed by atoms with Gasteiger partial charge in [-0.05, 0) is 37.1 Å². The van der Waals surface area contributed by atoms with Crippen molar-refractivity contribution in [1.29, 1.82) is 0 Å². The van der Waals surface area contributed by atoms with E-state index in [0.29, 0.717) is 11.1 Å². The Balaban J connectivity index is 2.52. The molecule has 0 aromatic heterocycles. The molecule has 2 unspecified atom stereocenters. The highest BCUT2D eigenvalue weighted by Gasteiger charge is 2.23. The minimum atomic E-state index is -1.60. The van der Waals surface area contributed by atoms with E-state index in [1.54, 1.807) is 28.4 Å². The molecule has 0 radical (unpaired) electrons. The van der Waals surface area contributed by atoms with Gasteiger partial charge in [-0.25, -0.2) is 0 Å². The number of rotatable bonds is 14. The summed E-state index contributed by atoms with van der Waals surface area (Å²) in [5.41, 5.74) is 3.11. The zero-order chi connectivity index (χ0) is 19.4. The first kappa shape index (κ1) is 23.1. The second kappa shape index (κ2) is 13.3. The minimum Gasteiger partial charge on any atom is -0.400 e. The van der Waals surface area contributed by atoms with Crippen molar-refractivity contribution in [2.45, 2.75) is 37.8 Å². The fourth-order valence-electron chi connectivity index (χ4n) is 3.03. The van der Waals surface area contributed by atoms with Crippen LogP contribution in [0.15, 0.2) is 24.3 Å². The van der Waals surface area contributed by atoms with Crippen LogP contribution in [0.25, 0.3) is 0 Å². The Hall–Kier alpha value is -0.906. The summed E-state index contributed by atoms with van der Waals surface area (Å²) in [7, 11) is 3.78. The molecule has 1 aromatic carbocycles. The molecule has 1 aromatic rings. The molecule has 0 amide bonds. The van der Waals surface area contributed by atoms with Crippen molar-refractivity contribution in [2.24, 2.45) is 0 Å². The van der Waals surface area contributed by atoms with Gasteiger partial charge in [0.25, 0.3) is 0 Å². The van der Waals surface area contributed by atoms with Crippen LogP contribution < -0.4 is 10.6 Å². The molecule has 0 spiro atoms. The van der Waals surface area contributed by atoms with E-state index in [4.69, 9.17) is 17.7 Å². The zero-order valence-electron chi connectivity index (χ0n) is 17.1. The van der Waals surface area contributed by atoms with Crippen LogP contribution >= 0.6 is 0 Å². The lowest BCUT2D eigenvalue weighted by Gasteiger charge is -2.23. The largest absolute Gasteiger partial charge is 0.400 e. The maximum absolute atomic E-state index is 5.51. The molecule has 1 rings (SSSR count). The number of hydrogen-bond donors (Lipinski definition) is 2. The van der Waals surface area contributed by atoms with Crippen LogP contribution in [0.1, 0.15) is 26.7 Å². The molecular weight excluding hydrogens is 364 g/mol. The Morgan fingerprint density at radius 1 is 0.692 bits per heavy atom. The van der Waals surface area contributed by atoms with E-state index in [1.807, 2.05) is 0 Å². The lowest BCUT2D eigenvalue weighted by atomic mass is 10.2. The Morgan fingerprint density at radius 2 is 1.00 bits per heavy atom. The highest BCUT2D eigenvalue weighted by Crippen LogP contribution is 2.21. The third kappa shape index (κ3) is 7.38. The van der Waals surface area contributed by atoms with Crippen LogP contribution in [0.5, 0.6) is 0 Å². The number of hydrogen-bond acceptors (Lipinski definition) is 6. The van der Waals surface area contributed by atoms with Gasteiger partial charge in [-0.3, -0.25) is 0 Å². The van der Waals surface area contributed by atoms with Crippen LogP contribution in [-0.2, 0) is 17.7 Å². The lowest BCUT2D eigenvalue weighted by molar-refractivity contribution is 0.264. The normalized spacial score (nSPS) is 13.8. The van der Waals surface area contributed by atoms with E-state index >= 15 is 0 Å². The lowest BCUT2D eigenvalue weighted by Crippen LogP contribution is -2.30. The second-order valence-corrected chi connectivity index (χ2v) is 11.6. The molecule has 0 saturated heterocycles. The van der Waals surface area contributed by atoms with Gasteiger partial charge < -0.3 is 28.3 Å². The Labute approximate surface area is 162 Å². The molecule has 8 heteroatoms. The van der Waals surface area contributed by atoms with E-state index in [2.05, 4.69) is 48.7 Å². The van der Waals surface area contributed by atoms with Gasteiger partial charge in [0.1, 0.15) is 0 Å². The third-order valence-electron chi connectivity index (χ3n) is 4.77. The van der Waals surface area contributed by atoms with E-state index in [-0.39, 0.29) is 0 Å². The SMILES string of the molecule is CCC(CNc1ccc(NCC(CC)[SiH](OC)OC)cc1)[SiH](OC)OC. The Morgan fingerprint density at radius 3 is 1.23 bits per heavy atom. The summed E-state index contributed by atoms with van der Waals surface area (Å²) in [6, 6.07) is 8.42. The molecule has 0 bridgehead atoms. The summed E-state index contributed by atoms with van der Waals surface area (Å²) >= 11 is 0. The highest BCUT2D eigenvalue weighted by atomic mass is 28.3. The van der Waals surface area contributed by atoms with Crippen LogP contribution in [0, 0.1) is 0 Å². The monoisotopic (exact) mass is 400 g/mol. The van der Waals surface area contributed by atoms with E-state index in [0.717, 1.165) is 37.3 Å². The van der Waals surface area contributed by atoms with Gasteiger partial charge >= 0.3 is 18.6 Å². The van der Waals surface area contributed by atoms with Crippen molar-refractivity contribution in [2.75, 3.05) is 52.2 Å². The molecule has 2 atom stereocenters. The Kier molecular flexibility index (Phi) is 11.8. The van der Waals surface area contributed by atoms with Crippen LogP contribution in [0.2, 0.25) is 11.1 Å². The molecule has 0 fully saturated rings. The van der Waals surface area contributed by atoms with Gasteiger partial charge in [0.15, 0.2) is 0 Å². The molecular formula is C18H36N2O4Si2. The minimum absolute atomic E-state index is 0.443. The molecule has 26 heavy (non-hydrogen) atoms. The summed E-state index contributed by atoms with van der Waals surface area (Å²) in [4.78, 5) is 0. The van der Waals surface area contributed by atoms with Crippen molar-refractivity contribution in [3.05, 3.63) is 24.3 Å². The molecule has 150 valence electrons. The van der Waals surface area contributed by atoms with Crippen LogP contribution in [0.4, 0.5) is 11.4 Å². The fraction of sp³-hybridized carbons (Fsp3) is 0.667. The summed E-state index contributed by atoms with van der Waals surface area (Å²) in [6.07, 6.45) is 2.10. The van der Waals surface area contributed by atoms with Gasteiger partial charge in [0.05, 0.1) is 0 Å². The second-order valence-electron chi connectivity index (χ2n) is 6.36. The predicted molar refractivity (Wildman–Crippen MR) is 114 cm³/mol. The van der Waals surface area contributed by atoms with E-state index in [9.17, 15) is 0 Å². The quantitative estimate of drug-likeness (QED) is 0.468. The number of nitrogens with one attached hydrogen (secondary N) is 2. The van der Waals surface area contributed by atoms with E-state index < -0.39 is 18.6 Å². The third-order valence-corrected chi connectivity index (χ3v) is 9.58. The average molecular weight is 401 g/mol. The number of anilines is 2. The summed E-state index contributed by atoms with van der Waals surface area (Å²) in [5, 5.41) is 7.00. The van der Waals surface area contributed by atoms with Gasteiger partial charge in [0.2, 0.25) is 0 Å². The smallest absolute Gasteiger partial charge is 0.325 e. The molecule has 0 aliphatic rings. The summed E-state index contributed by atoms with van der Waals surface area (Å²) in [6.45, 7) is 6.10. The molecule has 0 heterocycles. The molecule has 0 aliphatic heterocycles. The predicted octanol–water partition coefficient (Wildman–Crippen LogP) is 3.10. The Bertz CT molecular complexity index is 428. The van der Waals surface area contributed by atoms with Crippen molar-refractivity contribution in [1.82, 2.24) is 0 Å². The van der Waals surface area contributed by atoms with Crippen LogP contribution in [-0.4, -0.2) is 60.1 Å². The van der Waals surface area contributed by atoms with Gasteiger partial charge in [0, 0.05) is 64.0 Å². The average Bonchev–Trinajstić information content (AvgIpc) is 2.69. The standard InChI is InChI=1S/C18H36N2O4Si2/c1-7-17(25(21-3)22-4)13-19-15-9-11-16(12-10-15)20-14-18(8-2)26(23-5)24-6/h9-12,17-20,25-26H,7-8,13-14H2,1-6H3. The molecule has 0 aliphatic carbocycles. The maximum atomic E-state index is 5.51. The first-order chi connectivity index (χ1) is 12.6. The van der Waals surface area contributed by atoms with Crippen molar-refractivity contribution >= 4 is 29.9 Å². The topological polar surface area (TPSA) is 61.0 Å². The highest BCUT2D eigenvalue weighted by molar-refractivity contribution is 6.46. The van der Waals surface area contributed by atoms with E-state index in [1.165, 1.54) is 0 Å². The number of benzene rings is 1. The molecule has 6 nitrogen and oxygen atoms in total. The first-order valence-corrected chi connectivity index (χ1v) is 12.5. The van der Waals surface area contributed by atoms with Gasteiger partial charge in [-0.2, -0.15) is 0 Å². The van der Waals surface area contributed by atoms with Gasteiger partial charge in [-0.1, -0.05) is 13.8 Å². The van der Waals surface area contributed by atoms with Crippen molar-refractivity contribution < 1.29 is 17.7 Å². The maximum Gasteiger partial charge on any atom is 0.325 e. The zero-order valence-corrected chi connectivity index (χ0v) is 19.4. The molecule has 2 N–H and O–H groups in total. The first-order valence-electron chi connectivity index (χ1n) is 9.32. The summed E-state index contributed by atoms with van der Waals surface area (Å²) < 4.78 is 22.0. The van der Waals surface area contributed by atoms with Gasteiger partial charge in [-0.15, -0.1) is 0 Å². The summed E-state index contributed by atoms with van der Waals surface area (Å²) in [5.74, 6) is 0. The molecule has 0 saturated carbocycles. The fourth-order valence-corrected chi connectivity index (χ4v) is 6.35.